The van der Waals surface area contributed by atoms with Gasteiger partial charge in [-0.15, -0.1) is 0 Å². The van der Waals surface area contributed by atoms with Gasteiger partial charge >= 0.3 is 0 Å². The molecule has 5 rings (SSSR count). The molecule has 1 amide bonds. The Bertz CT molecular complexity index is 1620. The molecule has 0 radical (unpaired) electrons. The fraction of sp³-hybridized carbons (Fsp3) is 0.250. The number of nitro groups is 1. The zero-order chi connectivity index (χ0) is 26.3. The number of hydrogen-bond acceptors (Lipinski definition) is 6. The lowest BCUT2D eigenvalue weighted by molar-refractivity contribution is -0.384. The highest BCUT2D eigenvalue weighted by atomic mass is 32.2. The van der Waals surface area contributed by atoms with E-state index >= 15 is 0 Å². The van der Waals surface area contributed by atoms with E-state index in [1.807, 2.05) is 13.8 Å². The van der Waals surface area contributed by atoms with E-state index in [1.54, 1.807) is 24.3 Å². The Balaban J connectivity index is 1.67. The van der Waals surface area contributed by atoms with Crippen LogP contribution in [0.4, 0.5) is 11.4 Å². The van der Waals surface area contributed by atoms with Crippen molar-refractivity contribution in [3.63, 3.8) is 0 Å². The standard InChI is InChI=1S/C28H26N2O6S/c1-18(2)19-10-13-23(14-11-19)37(34,35)29(28(31)20-6-5-7-22(16-20)30(32)33)21-12-15-27-25(17-21)24-8-3-4-9-26(24)36-27/h5-7,10-18H,3-4,8-9H2,1-2H3. The van der Waals surface area contributed by atoms with E-state index in [0.29, 0.717) is 5.58 Å². The smallest absolute Gasteiger partial charge is 0.272 e. The van der Waals surface area contributed by atoms with Gasteiger partial charge in [-0.2, -0.15) is 4.31 Å². The van der Waals surface area contributed by atoms with Gasteiger partial charge in [0.15, 0.2) is 0 Å². The van der Waals surface area contributed by atoms with E-state index in [2.05, 4.69) is 0 Å². The van der Waals surface area contributed by atoms with E-state index in [0.717, 1.165) is 58.3 Å². The molecule has 1 heterocycles. The molecule has 0 atom stereocenters. The predicted octanol–water partition coefficient (Wildman–Crippen LogP) is 6.38. The molecule has 0 bridgehead atoms. The first-order valence-electron chi connectivity index (χ1n) is 12.1. The summed E-state index contributed by atoms with van der Waals surface area (Å²) in [5.41, 5.74) is 2.37. The molecule has 4 aromatic rings. The fourth-order valence-electron chi connectivity index (χ4n) is 4.74. The summed E-state index contributed by atoms with van der Waals surface area (Å²) >= 11 is 0. The molecule has 0 N–H and O–H groups in total. The Hall–Kier alpha value is -3.98. The molecule has 0 fully saturated rings. The molecule has 190 valence electrons. The van der Waals surface area contributed by atoms with Crippen molar-refractivity contribution >= 4 is 38.3 Å². The van der Waals surface area contributed by atoms with Crippen molar-refractivity contribution in [2.45, 2.75) is 50.3 Å². The second kappa shape index (κ2) is 9.48. The number of furan rings is 1. The number of nitro benzene ring substituents is 1. The average molecular weight is 519 g/mol. The summed E-state index contributed by atoms with van der Waals surface area (Å²) in [4.78, 5) is 24.4. The zero-order valence-corrected chi connectivity index (χ0v) is 21.3. The van der Waals surface area contributed by atoms with Crippen LogP contribution in [0.5, 0.6) is 0 Å². The quantitative estimate of drug-likeness (QED) is 0.216. The lowest BCUT2D eigenvalue weighted by atomic mass is 9.96. The van der Waals surface area contributed by atoms with Crippen LogP contribution in [0.3, 0.4) is 0 Å². The molecule has 0 aliphatic heterocycles. The summed E-state index contributed by atoms with van der Waals surface area (Å²) in [7, 11) is -4.37. The maximum Gasteiger partial charge on any atom is 0.272 e. The molecule has 0 unspecified atom stereocenters. The van der Waals surface area contributed by atoms with Gasteiger partial charge in [0.25, 0.3) is 21.6 Å². The van der Waals surface area contributed by atoms with E-state index < -0.39 is 20.9 Å². The van der Waals surface area contributed by atoms with Gasteiger partial charge < -0.3 is 4.42 Å². The van der Waals surface area contributed by atoms with Gasteiger partial charge in [-0.1, -0.05) is 32.0 Å². The number of non-ortho nitro benzene ring substituents is 1. The van der Waals surface area contributed by atoms with E-state index in [1.165, 1.54) is 36.4 Å². The van der Waals surface area contributed by atoms with Crippen molar-refractivity contribution in [2.75, 3.05) is 4.31 Å². The normalized spacial score (nSPS) is 13.5. The molecule has 0 saturated heterocycles. The van der Waals surface area contributed by atoms with Gasteiger partial charge in [-0.05, 0) is 67.1 Å². The number of carbonyl (C=O) groups excluding carboxylic acids is 1. The minimum atomic E-state index is -4.37. The summed E-state index contributed by atoms with van der Waals surface area (Å²) in [6.07, 6.45) is 3.66. The van der Waals surface area contributed by atoms with Gasteiger partial charge in [-0.25, -0.2) is 8.42 Å². The van der Waals surface area contributed by atoms with E-state index in [4.69, 9.17) is 4.42 Å². The largest absolute Gasteiger partial charge is 0.461 e. The number of rotatable bonds is 6. The maximum absolute atomic E-state index is 14.0. The summed E-state index contributed by atoms with van der Waals surface area (Å²) in [6.45, 7) is 4.00. The highest BCUT2D eigenvalue weighted by Gasteiger charge is 2.33. The molecular weight excluding hydrogens is 492 g/mol. The van der Waals surface area contributed by atoms with Crippen LogP contribution in [0.15, 0.2) is 76.0 Å². The molecule has 3 aromatic carbocycles. The number of hydrogen-bond donors (Lipinski definition) is 0. The minimum absolute atomic E-state index is 0.0509. The Labute approximate surface area is 214 Å². The Morgan fingerprint density at radius 3 is 2.43 bits per heavy atom. The van der Waals surface area contributed by atoms with Crippen LogP contribution in [0.25, 0.3) is 11.0 Å². The van der Waals surface area contributed by atoms with Crippen LogP contribution in [-0.4, -0.2) is 19.2 Å². The summed E-state index contributed by atoms with van der Waals surface area (Å²) in [5.74, 6) is 0.212. The lowest BCUT2D eigenvalue weighted by Crippen LogP contribution is -2.37. The number of benzene rings is 3. The lowest BCUT2D eigenvalue weighted by Gasteiger charge is -2.23. The summed E-state index contributed by atoms with van der Waals surface area (Å²) < 4.78 is 34.6. The van der Waals surface area contributed by atoms with Crippen LogP contribution >= 0.6 is 0 Å². The molecule has 9 heteroatoms. The number of aryl methyl sites for hydroxylation is 2. The van der Waals surface area contributed by atoms with Crippen molar-refractivity contribution < 1.29 is 22.6 Å². The Morgan fingerprint density at radius 2 is 1.73 bits per heavy atom. The van der Waals surface area contributed by atoms with Gasteiger partial charge in [0, 0.05) is 35.1 Å². The molecule has 8 nitrogen and oxygen atoms in total. The summed E-state index contributed by atoms with van der Waals surface area (Å²) in [5, 5.41) is 12.1. The third kappa shape index (κ3) is 4.51. The van der Waals surface area contributed by atoms with Gasteiger partial charge in [-0.3, -0.25) is 14.9 Å². The number of anilines is 1. The third-order valence-corrected chi connectivity index (χ3v) is 8.47. The van der Waals surface area contributed by atoms with Crippen molar-refractivity contribution in [2.24, 2.45) is 0 Å². The molecule has 1 aliphatic rings. The monoisotopic (exact) mass is 518 g/mol. The Kier molecular flexibility index (Phi) is 6.33. The van der Waals surface area contributed by atoms with Crippen LogP contribution < -0.4 is 4.31 Å². The van der Waals surface area contributed by atoms with Crippen LogP contribution in [0.1, 0.15) is 59.9 Å². The topological polar surface area (TPSA) is 111 Å². The third-order valence-electron chi connectivity index (χ3n) is 6.75. The highest BCUT2D eigenvalue weighted by Crippen LogP contribution is 2.36. The van der Waals surface area contributed by atoms with Crippen LogP contribution in [0, 0.1) is 10.1 Å². The first-order valence-corrected chi connectivity index (χ1v) is 13.6. The van der Waals surface area contributed by atoms with Gasteiger partial charge in [0.05, 0.1) is 15.5 Å². The Morgan fingerprint density at radius 1 is 1.00 bits per heavy atom. The minimum Gasteiger partial charge on any atom is -0.461 e. The van der Waals surface area contributed by atoms with Crippen molar-refractivity contribution in [3.05, 3.63) is 99.3 Å². The molecule has 0 saturated carbocycles. The van der Waals surface area contributed by atoms with Crippen molar-refractivity contribution in [3.8, 4) is 0 Å². The first-order chi connectivity index (χ1) is 17.7. The number of nitrogens with zero attached hydrogens (tertiary/aromatic N) is 2. The van der Waals surface area contributed by atoms with Gasteiger partial charge in [0.2, 0.25) is 0 Å². The molecule has 1 aromatic heterocycles. The number of sulfonamides is 1. The van der Waals surface area contributed by atoms with Crippen molar-refractivity contribution in [1.82, 2.24) is 0 Å². The zero-order valence-electron chi connectivity index (χ0n) is 20.5. The van der Waals surface area contributed by atoms with Crippen molar-refractivity contribution in [1.29, 1.82) is 0 Å². The highest BCUT2D eigenvalue weighted by molar-refractivity contribution is 7.93. The summed E-state index contributed by atoms with van der Waals surface area (Å²) in [6, 6.07) is 16.4. The number of carbonyl (C=O) groups is 1. The fourth-order valence-corrected chi connectivity index (χ4v) is 6.15. The SMILES string of the molecule is CC(C)c1ccc(S(=O)(=O)N(C(=O)c2cccc([N+](=O)[O-])c2)c2ccc3oc4c(c3c2)CCCC4)cc1. The number of amides is 1. The number of fused-ring (bicyclic) bond motifs is 3. The van der Waals surface area contributed by atoms with Crippen LogP contribution in [-0.2, 0) is 22.9 Å². The van der Waals surface area contributed by atoms with E-state index in [-0.39, 0.29) is 27.8 Å². The molecule has 37 heavy (non-hydrogen) atoms. The predicted molar refractivity (Wildman–Crippen MR) is 140 cm³/mol. The first kappa shape index (κ1) is 24.7. The average Bonchev–Trinajstić information content (AvgIpc) is 3.27. The second-order valence-corrected chi connectivity index (χ2v) is 11.3. The van der Waals surface area contributed by atoms with Crippen LogP contribution in [0.2, 0.25) is 0 Å². The molecular formula is C28H26N2O6S. The second-order valence-electron chi connectivity index (χ2n) is 9.50. The maximum atomic E-state index is 14.0. The van der Waals surface area contributed by atoms with E-state index in [9.17, 15) is 23.3 Å². The molecule has 1 aliphatic carbocycles. The molecule has 0 spiro atoms. The van der Waals surface area contributed by atoms with Gasteiger partial charge in [0.1, 0.15) is 11.3 Å².